The average molecular weight is 344 g/mol. The van der Waals surface area contributed by atoms with E-state index < -0.39 is 0 Å². The molecule has 0 aliphatic carbocycles. The number of anilines is 2. The quantitative estimate of drug-likeness (QED) is 0.712. The van der Waals surface area contributed by atoms with Crippen molar-refractivity contribution in [2.75, 3.05) is 30.8 Å². The molecular weight excluding hydrogens is 321 g/mol. The SMILES string of the molecule is CCc1ccccc1NC(=O)C[NH+](C)CC(=O)Nc1ccc(F)cc1. The summed E-state index contributed by atoms with van der Waals surface area (Å²) < 4.78 is 12.8. The summed E-state index contributed by atoms with van der Waals surface area (Å²) in [6, 6.07) is 13.2. The van der Waals surface area contributed by atoms with E-state index in [1.165, 1.54) is 24.3 Å². The molecule has 0 bridgehead atoms. The summed E-state index contributed by atoms with van der Waals surface area (Å²) in [5, 5.41) is 5.57. The molecule has 2 amide bonds. The Labute approximate surface area is 146 Å². The summed E-state index contributed by atoms with van der Waals surface area (Å²) in [6.45, 7) is 2.34. The summed E-state index contributed by atoms with van der Waals surface area (Å²) in [5.74, 6) is -0.733. The molecule has 0 saturated carbocycles. The van der Waals surface area contributed by atoms with Gasteiger partial charge in [-0.25, -0.2) is 4.39 Å². The minimum absolute atomic E-state index is 0.139. The number of nitrogens with one attached hydrogen (secondary N) is 3. The molecular formula is C19H23FN3O2+. The molecule has 1 atom stereocenters. The van der Waals surface area contributed by atoms with Gasteiger partial charge in [-0.1, -0.05) is 25.1 Å². The first kappa shape index (κ1) is 18.6. The summed E-state index contributed by atoms with van der Waals surface area (Å²) in [4.78, 5) is 24.9. The molecule has 0 fully saturated rings. The van der Waals surface area contributed by atoms with Gasteiger partial charge < -0.3 is 15.5 Å². The van der Waals surface area contributed by atoms with E-state index in [0.29, 0.717) is 5.69 Å². The van der Waals surface area contributed by atoms with Crippen molar-refractivity contribution in [1.82, 2.24) is 0 Å². The highest BCUT2D eigenvalue weighted by atomic mass is 19.1. The Morgan fingerprint density at radius 1 is 0.960 bits per heavy atom. The predicted octanol–water partition coefficient (Wildman–Crippen LogP) is 1.48. The Hall–Kier alpha value is -2.73. The molecule has 0 aliphatic rings. The number of benzene rings is 2. The number of amides is 2. The van der Waals surface area contributed by atoms with Crippen molar-refractivity contribution < 1.29 is 18.9 Å². The van der Waals surface area contributed by atoms with Crippen LogP contribution >= 0.6 is 0 Å². The van der Waals surface area contributed by atoms with Gasteiger partial charge in [-0.05, 0) is 42.3 Å². The summed E-state index contributed by atoms with van der Waals surface area (Å²) >= 11 is 0. The fourth-order valence-electron chi connectivity index (χ4n) is 2.49. The molecule has 0 aromatic heterocycles. The highest BCUT2D eigenvalue weighted by Gasteiger charge is 2.15. The van der Waals surface area contributed by atoms with Crippen LogP contribution in [0.3, 0.4) is 0 Å². The topological polar surface area (TPSA) is 62.6 Å². The first-order valence-corrected chi connectivity index (χ1v) is 8.22. The molecule has 0 saturated heterocycles. The Bertz CT molecular complexity index is 732. The maximum Gasteiger partial charge on any atom is 0.279 e. The van der Waals surface area contributed by atoms with Crippen molar-refractivity contribution in [1.29, 1.82) is 0 Å². The maximum absolute atomic E-state index is 12.8. The van der Waals surface area contributed by atoms with Crippen LogP contribution in [0.15, 0.2) is 48.5 Å². The number of halogens is 1. The van der Waals surface area contributed by atoms with Crippen LogP contribution in [0.5, 0.6) is 0 Å². The van der Waals surface area contributed by atoms with Crippen molar-refractivity contribution in [3.63, 3.8) is 0 Å². The second-order valence-electron chi connectivity index (χ2n) is 5.92. The number of carbonyl (C=O) groups is 2. The standard InChI is InChI=1S/C19H22FN3O2/c1-3-14-6-4-5-7-17(14)22-19(25)13-23(2)12-18(24)21-16-10-8-15(20)9-11-16/h4-11H,3,12-13H2,1-2H3,(H,21,24)(H,22,25)/p+1. The van der Waals surface area contributed by atoms with Crippen molar-refractivity contribution >= 4 is 23.2 Å². The highest BCUT2D eigenvalue weighted by molar-refractivity contribution is 5.93. The number of aryl methyl sites for hydroxylation is 1. The van der Waals surface area contributed by atoms with Crippen LogP contribution in [0, 0.1) is 5.82 Å². The summed E-state index contributed by atoms with van der Waals surface area (Å²) in [7, 11) is 1.77. The fourth-order valence-corrected chi connectivity index (χ4v) is 2.49. The normalized spacial score (nSPS) is 11.6. The Balaban J connectivity index is 1.82. The van der Waals surface area contributed by atoms with Crippen LogP contribution in [-0.2, 0) is 16.0 Å². The lowest BCUT2D eigenvalue weighted by Gasteiger charge is -2.15. The molecule has 25 heavy (non-hydrogen) atoms. The number of carbonyl (C=O) groups excluding carboxylic acids is 2. The molecule has 2 aromatic rings. The van der Waals surface area contributed by atoms with Crippen LogP contribution < -0.4 is 15.5 Å². The van der Waals surface area contributed by atoms with Crippen LogP contribution in [-0.4, -0.2) is 32.0 Å². The predicted molar refractivity (Wildman–Crippen MR) is 96.1 cm³/mol. The smallest absolute Gasteiger partial charge is 0.279 e. The lowest BCUT2D eigenvalue weighted by atomic mass is 10.1. The zero-order valence-electron chi connectivity index (χ0n) is 14.4. The number of hydrogen-bond acceptors (Lipinski definition) is 2. The Kier molecular flexibility index (Phi) is 6.65. The largest absolute Gasteiger partial charge is 0.322 e. The number of hydrogen-bond donors (Lipinski definition) is 3. The summed E-state index contributed by atoms with van der Waals surface area (Å²) in [6.07, 6.45) is 0.833. The van der Waals surface area contributed by atoms with E-state index in [2.05, 4.69) is 10.6 Å². The van der Waals surface area contributed by atoms with Gasteiger partial charge >= 0.3 is 0 Å². The van der Waals surface area contributed by atoms with E-state index in [9.17, 15) is 14.0 Å². The minimum atomic E-state index is -0.357. The third-order valence-electron chi connectivity index (χ3n) is 3.73. The first-order valence-electron chi connectivity index (χ1n) is 8.22. The van der Waals surface area contributed by atoms with Gasteiger partial charge in [0.25, 0.3) is 11.8 Å². The van der Waals surface area contributed by atoms with Crippen molar-refractivity contribution in [2.45, 2.75) is 13.3 Å². The second kappa shape index (κ2) is 8.94. The zero-order valence-corrected chi connectivity index (χ0v) is 14.4. The highest BCUT2D eigenvalue weighted by Crippen LogP contribution is 2.14. The molecule has 1 unspecified atom stereocenters. The van der Waals surface area contributed by atoms with Crippen molar-refractivity contribution in [3.8, 4) is 0 Å². The summed E-state index contributed by atoms with van der Waals surface area (Å²) in [5.41, 5.74) is 2.40. The van der Waals surface area contributed by atoms with Gasteiger partial charge in [0.15, 0.2) is 13.1 Å². The van der Waals surface area contributed by atoms with Crippen LogP contribution in [0.4, 0.5) is 15.8 Å². The molecule has 2 rings (SSSR count). The average Bonchev–Trinajstić information content (AvgIpc) is 2.57. The van der Waals surface area contributed by atoms with Gasteiger partial charge in [0.2, 0.25) is 0 Å². The number of quaternary nitrogens is 1. The molecule has 132 valence electrons. The molecule has 0 heterocycles. The molecule has 3 N–H and O–H groups in total. The molecule has 0 aliphatic heterocycles. The number of para-hydroxylation sites is 1. The van der Waals surface area contributed by atoms with Gasteiger partial charge in [0.05, 0.1) is 7.05 Å². The molecule has 2 aromatic carbocycles. The van der Waals surface area contributed by atoms with E-state index in [1.807, 2.05) is 31.2 Å². The third kappa shape index (κ3) is 6.00. The Morgan fingerprint density at radius 2 is 1.56 bits per heavy atom. The minimum Gasteiger partial charge on any atom is -0.322 e. The van der Waals surface area contributed by atoms with Crippen molar-refractivity contribution in [3.05, 3.63) is 59.9 Å². The van der Waals surface area contributed by atoms with Crippen LogP contribution in [0.2, 0.25) is 0 Å². The van der Waals surface area contributed by atoms with E-state index in [4.69, 9.17) is 0 Å². The van der Waals surface area contributed by atoms with Gasteiger partial charge in [-0.15, -0.1) is 0 Å². The molecule has 5 nitrogen and oxygen atoms in total. The fraction of sp³-hybridized carbons (Fsp3) is 0.263. The lowest BCUT2D eigenvalue weighted by molar-refractivity contribution is -0.862. The zero-order chi connectivity index (χ0) is 18.2. The van der Waals surface area contributed by atoms with Gasteiger partial charge in [0, 0.05) is 11.4 Å². The van der Waals surface area contributed by atoms with Crippen LogP contribution in [0.1, 0.15) is 12.5 Å². The molecule has 0 radical (unpaired) electrons. The number of likely N-dealkylation sites (N-methyl/N-ethyl adjacent to an activating group) is 1. The van der Waals surface area contributed by atoms with Gasteiger partial charge in [0.1, 0.15) is 5.82 Å². The second-order valence-corrected chi connectivity index (χ2v) is 5.92. The molecule has 6 heteroatoms. The third-order valence-corrected chi connectivity index (χ3v) is 3.73. The first-order chi connectivity index (χ1) is 12.0. The molecule has 0 spiro atoms. The number of rotatable bonds is 7. The van der Waals surface area contributed by atoms with E-state index in [-0.39, 0.29) is 30.7 Å². The van der Waals surface area contributed by atoms with E-state index in [1.54, 1.807) is 7.05 Å². The van der Waals surface area contributed by atoms with E-state index >= 15 is 0 Å². The van der Waals surface area contributed by atoms with Crippen LogP contribution in [0.25, 0.3) is 0 Å². The monoisotopic (exact) mass is 344 g/mol. The van der Waals surface area contributed by atoms with Crippen molar-refractivity contribution in [2.24, 2.45) is 0 Å². The van der Waals surface area contributed by atoms with Gasteiger partial charge in [-0.3, -0.25) is 9.59 Å². The van der Waals surface area contributed by atoms with Gasteiger partial charge in [-0.2, -0.15) is 0 Å². The lowest BCUT2D eigenvalue weighted by Crippen LogP contribution is -3.11. The maximum atomic E-state index is 12.8. The van der Waals surface area contributed by atoms with E-state index in [0.717, 1.165) is 22.6 Å². The Morgan fingerprint density at radius 3 is 2.20 bits per heavy atom.